The topological polar surface area (TPSA) is 65.0 Å². The van der Waals surface area contributed by atoms with Crippen LogP contribution in [0.1, 0.15) is 168 Å². The molecule has 6 atom stereocenters. The van der Waals surface area contributed by atoms with E-state index in [1.807, 2.05) is 13.0 Å². The lowest BCUT2D eigenvalue weighted by atomic mass is 10.0. The van der Waals surface area contributed by atoms with Gasteiger partial charge in [0, 0.05) is 5.57 Å². The van der Waals surface area contributed by atoms with Gasteiger partial charge in [-0.2, -0.15) is 0 Å². The average molecular weight is 563 g/mol. The Balaban J connectivity index is 1.12. The van der Waals surface area contributed by atoms with Gasteiger partial charge >= 0.3 is 5.97 Å². The smallest absolute Gasteiger partial charge is 0.334 e. The molecule has 0 amide bonds. The molecule has 2 saturated heterocycles. The molecule has 5 heteroatoms. The zero-order chi connectivity index (χ0) is 28.4. The quantitative estimate of drug-likeness (QED) is 0.0993. The Kier molecular flexibility index (Phi) is 16.9. The standard InChI is InChI=1S/C35H62O5/c1-3-4-5-6-7-8-9-10-11-12-16-19-22-31(36)32-25-26-34(40-32)33-24-23-30(39-33)21-18-15-13-14-17-20-29-27-28(2)38-35(29)37/h27-28,30-34,36H,3-26H2,1-2H3. The van der Waals surface area contributed by atoms with Crippen LogP contribution in [-0.4, -0.2) is 47.7 Å². The maximum absolute atomic E-state index is 11.7. The number of carbonyl (C=O) groups is 1. The number of esters is 1. The lowest BCUT2D eigenvalue weighted by molar-refractivity contribution is -0.139. The van der Waals surface area contributed by atoms with Crippen molar-refractivity contribution in [3.8, 4) is 0 Å². The predicted molar refractivity (Wildman–Crippen MR) is 163 cm³/mol. The van der Waals surface area contributed by atoms with E-state index in [1.165, 1.54) is 96.3 Å². The van der Waals surface area contributed by atoms with Crippen molar-refractivity contribution in [2.45, 2.75) is 205 Å². The Hall–Kier alpha value is -0.910. The van der Waals surface area contributed by atoms with Crippen molar-refractivity contribution in [2.75, 3.05) is 0 Å². The summed E-state index contributed by atoms with van der Waals surface area (Å²) < 4.78 is 17.9. The van der Waals surface area contributed by atoms with E-state index < -0.39 is 0 Å². The fraction of sp³-hybridized carbons (Fsp3) is 0.914. The number of hydrogen-bond acceptors (Lipinski definition) is 5. The number of ether oxygens (including phenoxy) is 3. The lowest BCUT2D eigenvalue weighted by Gasteiger charge is -2.23. The molecule has 232 valence electrons. The molecule has 3 aliphatic heterocycles. The monoisotopic (exact) mass is 562 g/mol. The van der Waals surface area contributed by atoms with Gasteiger partial charge in [-0.05, 0) is 64.4 Å². The van der Waals surface area contributed by atoms with Crippen LogP contribution in [0.5, 0.6) is 0 Å². The highest BCUT2D eigenvalue weighted by atomic mass is 16.6. The maximum atomic E-state index is 11.7. The molecule has 5 nitrogen and oxygen atoms in total. The third-order valence-electron chi connectivity index (χ3n) is 9.39. The third-order valence-corrected chi connectivity index (χ3v) is 9.39. The summed E-state index contributed by atoms with van der Waals surface area (Å²) >= 11 is 0. The third kappa shape index (κ3) is 12.9. The van der Waals surface area contributed by atoms with Crippen molar-refractivity contribution in [3.63, 3.8) is 0 Å². The van der Waals surface area contributed by atoms with Crippen LogP contribution in [0.25, 0.3) is 0 Å². The first-order valence-corrected chi connectivity index (χ1v) is 17.5. The van der Waals surface area contributed by atoms with Gasteiger partial charge in [0.15, 0.2) is 0 Å². The Bertz CT molecular complexity index is 706. The maximum Gasteiger partial charge on any atom is 0.334 e. The molecule has 3 heterocycles. The van der Waals surface area contributed by atoms with Gasteiger partial charge in [-0.15, -0.1) is 0 Å². The minimum Gasteiger partial charge on any atom is -0.455 e. The second-order valence-electron chi connectivity index (χ2n) is 13.0. The minimum absolute atomic E-state index is 0.00502. The summed E-state index contributed by atoms with van der Waals surface area (Å²) in [6.45, 7) is 4.20. The normalized spacial score (nSPS) is 27.3. The van der Waals surface area contributed by atoms with E-state index in [0.29, 0.717) is 6.10 Å². The second kappa shape index (κ2) is 20.1. The Morgan fingerprint density at radius 2 is 1.32 bits per heavy atom. The Labute approximate surface area is 246 Å². The molecule has 3 rings (SSSR count). The van der Waals surface area contributed by atoms with Crippen molar-refractivity contribution >= 4 is 5.97 Å². The summed E-state index contributed by atoms with van der Waals surface area (Å²) in [5.74, 6) is -0.118. The van der Waals surface area contributed by atoms with Gasteiger partial charge in [0.05, 0.1) is 30.5 Å². The fourth-order valence-corrected chi connectivity index (χ4v) is 6.88. The predicted octanol–water partition coefficient (Wildman–Crippen LogP) is 9.14. The molecule has 0 aromatic carbocycles. The van der Waals surface area contributed by atoms with E-state index in [0.717, 1.165) is 63.4 Å². The molecule has 3 aliphatic rings. The van der Waals surface area contributed by atoms with Crippen molar-refractivity contribution in [3.05, 3.63) is 11.6 Å². The summed E-state index contributed by atoms with van der Waals surface area (Å²) in [5, 5.41) is 10.7. The minimum atomic E-state index is -0.315. The van der Waals surface area contributed by atoms with Gasteiger partial charge in [0.1, 0.15) is 6.10 Å². The van der Waals surface area contributed by atoms with E-state index in [9.17, 15) is 9.90 Å². The van der Waals surface area contributed by atoms with Crippen molar-refractivity contribution in [1.82, 2.24) is 0 Å². The number of aliphatic hydroxyl groups excluding tert-OH is 1. The average Bonchev–Trinajstić information content (AvgIpc) is 3.69. The summed E-state index contributed by atoms with van der Waals surface area (Å²) in [6.07, 6.45) is 31.6. The van der Waals surface area contributed by atoms with Crippen LogP contribution >= 0.6 is 0 Å². The van der Waals surface area contributed by atoms with Gasteiger partial charge in [-0.25, -0.2) is 4.79 Å². The molecule has 6 unspecified atom stereocenters. The van der Waals surface area contributed by atoms with Crippen LogP contribution in [-0.2, 0) is 19.0 Å². The summed E-state index contributed by atoms with van der Waals surface area (Å²) in [4.78, 5) is 11.7. The summed E-state index contributed by atoms with van der Waals surface area (Å²) in [6, 6.07) is 0. The molecule has 40 heavy (non-hydrogen) atoms. The van der Waals surface area contributed by atoms with Crippen LogP contribution in [0.4, 0.5) is 0 Å². The van der Waals surface area contributed by atoms with E-state index in [2.05, 4.69) is 6.92 Å². The van der Waals surface area contributed by atoms with E-state index in [1.54, 1.807) is 0 Å². The fourth-order valence-electron chi connectivity index (χ4n) is 6.88. The molecular weight excluding hydrogens is 500 g/mol. The van der Waals surface area contributed by atoms with Crippen LogP contribution in [0, 0.1) is 0 Å². The molecule has 0 aromatic rings. The van der Waals surface area contributed by atoms with Gasteiger partial charge in [0.2, 0.25) is 0 Å². The Morgan fingerprint density at radius 1 is 0.750 bits per heavy atom. The van der Waals surface area contributed by atoms with Crippen molar-refractivity contribution in [2.24, 2.45) is 0 Å². The van der Waals surface area contributed by atoms with Crippen LogP contribution in [0.3, 0.4) is 0 Å². The van der Waals surface area contributed by atoms with Crippen molar-refractivity contribution < 1.29 is 24.1 Å². The first kappa shape index (κ1) is 33.6. The van der Waals surface area contributed by atoms with Gasteiger partial charge in [-0.3, -0.25) is 0 Å². The molecular formula is C35H62O5. The molecule has 0 bridgehead atoms. The van der Waals surface area contributed by atoms with Gasteiger partial charge in [-0.1, -0.05) is 110 Å². The van der Waals surface area contributed by atoms with Crippen LogP contribution in [0.2, 0.25) is 0 Å². The van der Waals surface area contributed by atoms with Crippen LogP contribution < -0.4 is 0 Å². The highest BCUT2D eigenvalue weighted by Crippen LogP contribution is 2.34. The number of aliphatic hydroxyl groups is 1. The first-order valence-electron chi connectivity index (χ1n) is 17.5. The summed E-state index contributed by atoms with van der Waals surface area (Å²) in [7, 11) is 0. The molecule has 1 N–H and O–H groups in total. The van der Waals surface area contributed by atoms with E-state index >= 15 is 0 Å². The second-order valence-corrected chi connectivity index (χ2v) is 13.0. The number of rotatable bonds is 23. The highest BCUT2D eigenvalue weighted by Gasteiger charge is 2.39. The zero-order valence-electron chi connectivity index (χ0n) is 26.1. The first-order chi connectivity index (χ1) is 19.6. The van der Waals surface area contributed by atoms with Crippen molar-refractivity contribution in [1.29, 1.82) is 0 Å². The molecule has 2 fully saturated rings. The zero-order valence-corrected chi connectivity index (χ0v) is 26.1. The number of unbranched alkanes of at least 4 members (excludes halogenated alkanes) is 15. The highest BCUT2D eigenvalue weighted by molar-refractivity contribution is 5.90. The molecule has 0 saturated carbocycles. The number of hydrogen-bond donors (Lipinski definition) is 1. The SMILES string of the molecule is CCCCCCCCCCCCCCC(O)C1CCC(C2CCC(CCCCCCCC3=CC(C)OC3=O)O2)O1. The molecule has 0 aromatic heterocycles. The molecule has 0 aliphatic carbocycles. The lowest BCUT2D eigenvalue weighted by Crippen LogP contribution is -2.31. The molecule has 0 radical (unpaired) electrons. The van der Waals surface area contributed by atoms with Gasteiger partial charge < -0.3 is 19.3 Å². The van der Waals surface area contributed by atoms with E-state index in [-0.39, 0.29) is 36.5 Å². The number of cyclic esters (lactones) is 1. The number of carbonyl (C=O) groups excluding carboxylic acids is 1. The largest absolute Gasteiger partial charge is 0.455 e. The van der Waals surface area contributed by atoms with Gasteiger partial charge in [0.25, 0.3) is 0 Å². The van der Waals surface area contributed by atoms with E-state index in [4.69, 9.17) is 14.2 Å². The summed E-state index contributed by atoms with van der Waals surface area (Å²) in [5.41, 5.74) is 0.867. The Morgan fingerprint density at radius 3 is 1.98 bits per heavy atom. The molecule has 0 spiro atoms. The van der Waals surface area contributed by atoms with Crippen LogP contribution in [0.15, 0.2) is 11.6 Å².